The summed E-state index contributed by atoms with van der Waals surface area (Å²) in [6.07, 6.45) is 0.743. The predicted molar refractivity (Wildman–Crippen MR) is 79.1 cm³/mol. The second kappa shape index (κ2) is 6.37. The molecule has 0 aliphatic carbocycles. The van der Waals surface area contributed by atoms with Crippen molar-refractivity contribution >= 4 is 27.5 Å². The van der Waals surface area contributed by atoms with Gasteiger partial charge in [-0.3, -0.25) is 0 Å². The van der Waals surface area contributed by atoms with E-state index in [1.807, 2.05) is 48.5 Å². The molecule has 0 bridgehead atoms. The van der Waals surface area contributed by atoms with Gasteiger partial charge in [0.25, 0.3) is 0 Å². The molecule has 0 aliphatic rings. The molecular formula is C15H14BrClO. The van der Waals surface area contributed by atoms with Gasteiger partial charge in [0, 0.05) is 15.4 Å². The fourth-order valence-corrected chi connectivity index (χ4v) is 2.61. The molecule has 2 aromatic carbocycles. The summed E-state index contributed by atoms with van der Waals surface area (Å²) in [7, 11) is 0. The van der Waals surface area contributed by atoms with Crippen LogP contribution in [0.15, 0.2) is 53.0 Å². The SMILES string of the molecule is OCC(Cc1ccccc1Cl)c1cccc(Br)c1. The van der Waals surface area contributed by atoms with E-state index in [0.29, 0.717) is 0 Å². The minimum absolute atomic E-state index is 0.0717. The van der Waals surface area contributed by atoms with Gasteiger partial charge in [0.2, 0.25) is 0 Å². The van der Waals surface area contributed by atoms with Crippen LogP contribution in [0, 0.1) is 0 Å². The van der Waals surface area contributed by atoms with Gasteiger partial charge in [-0.25, -0.2) is 0 Å². The number of rotatable bonds is 4. The number of aliphatic hydroxyl groups excluding tert-OH is 1. The van der Waals surface area contributed by atoms with Gasteiger partial charge in [0.05, 0.1) is 6.61 Å². The minimum Gasteiger partial charge on any atom is -0.396 e. The third-order valence-corrected chi connectivity index (χ3v) is 3.83. The van der Waals surface area contributed by atoms with Gasteiger partial charge < -0.3 is 5.11 Å². The van der Waals surface area contributed by atoms with E-state index in [1.165, 1.54) is 0 Å². The molecule has 0 heterocycles. The topological polar surface area (TPSA) is 20.2 Å². The summed E-state index contributed by atoms with van der Waals surface area (Å²) < 4.78 is 1.03. The molecule has 0 radical (unpaired) electrons. The maximum Gasteiger partial charge on any atom is 0.0502 e. The van der Waals surface area contributed by atoms with E-state index in [1.54, 1.807) is 0 Å². The van der Waals surface area contributed by atoms with E-state index in [9.17, 15) is 5.11 Å². The van der Waals surface area contributed by atoms with Crippen LogP contribution in [0.4, 0.5) is 0 Å². The Morgan fingerprint density at radius 3 is 2.56 bits per heavy atom. The van der Waals surface area contributed by atoms with Crippen LogP contribution >= 0.6 is 27.5 Å². The Morgan fingerprint density at radius 1 is 1.11 bits per heavy atom. The summed E-state index contributed by atoms with van der Waals surface area (Å²) >= 11 is 9.60. The molecule has 2 aromatic rings. The number of halogens is 2. The molecule has 0 saturated carbocycles. The molecule has 1 N–H and O–H groups in total. The maximum atomic E-state index is 9.56. The molecule has 0 saturated heterocycles. The number of hydrogen-bond donors (Lipinski definition) is 1. The van der Waals surface area contributed by atoms with Crippen LogP contribution in [0.5, 0.6) is 0 Å². The van der Waals surface area contributed by atoms with Crippen molar-refractivity contribution in [2.75, 3.05) is 6.61 Å². The summed E-state index contributed by atoms with van der Waals surface area (Å²) in [5.41, 5.74) is 2.19. The number of benzene rings is 2. The number of hydrogen-bond acceptors (Lipinski definition) is 1. The first-order valence-corrected chi connectivity index (χ1v) is 6.97. The summed E-state index contributed by atoms with van der Waals surface area (Å²) in [6.45, 7) is 0.113. The van der Waals surface area contributed by atoms with E-state index in [0.717, 1.165) is 27.0 Å². The van der Waals surface area contributed by atoms with Crippen molar-refractivity contribution < 1.29 is 5.11 Å². The van der Waals surface area contributed by atoms with E-state index >= 15 is 0 Å². The van der Waals surface area contributed by atoms with Gasteiger partial charge >= 0.3 is 0 Å². The molecule has 94 valence electrons. The first-order valence-electron chi connectivity index (χ1n) is 5.80. The number of aliphatic hydroxyl groups is 1. The third kappa shape index (κ3) is 3.35. The zero-order chi connectivity index (χ0) is 13.0. The average Bonchev–Trinajstić information content (AvgIpc) is 2.38. The smallest absolute Gasteiger partial charge is 0.0502 e. The summed E-state index contributed by atoms with van der Waals surface area (Å²) in [5, 5.41) is 10.3. The van der Waals surface area contributed by atoms with E-state index in [4.69, 9.17) is 11.6 Å². The molecule has 0 fully saturated rings. The quantitative estimate of drug-likeness (QED) is 0.882. The van der Waals surface area contributed by atoms with Gasteiger partial charge in [0.1, 0.15) is 0 Å². The van der Waals surface area contributed by atoms with E-state index < -0.39 is 0 Å². The Kier molecular flexibility index (Phi) is 4.81. The van der Waals surface area contributed by atoms with Crippen LogP contribution in [0.25, 0.3) is 0 Å². The van der Waals surface area contributed by atoms with E-state index in [-0.39, 0.29) is 12.5 Å². The fourth-order valence-electron chi connectivity index (χ4n) is 1.98. The molecular weight excluding hydrogens is 312 g/mol. The Labute approximate surface area is 121 Å². The van der Waals surface area contributed by atoms with Gasteiger partial charge in [-0.2, -0.15) is 0 Å². The highest BCUT2D eigenvalue weighted by Crippen LogP contribution is 2.26. The second-order valence-corrected chi connectivity index (χ2v) is 5.55. The average molecular weight is 326 g/mol. The van der Waals surface area contributed by atoms with Crippen LogP contribution in [0.3, 0.4) is 0 Å². The monoisotopic (exact) mass is 324 g/mol. The molecule has 1 nitrogen and oxygen atoms in total. The zero-order valence-corrected chi connectivity index (χ0v) is 12.2. The molecule has 1 unspecified atom stereocenters. The second-order valence-electron chi connectivity index (χ2n) is 4.23. The molecule has 0 spiro atoms. The Bertz CT molecular complexity index is 527. The van der Waals surface area contributed by atoms with Crippen molar-refractivity contribution in [2.24, 2.45) is 0 Å². The van der Waals surface area contributed by atoms with Crippen molar-refractivity contribution in [3.63, 3.8) is 0 Å². The fraction of sp³-hybridized carbons (Fsp3) is 0.200. The predicted octanol–water partition coefficient (Wildman–Crippen LogP) is 4.42. The minimum atomic E-state index is 0.0717. The summed E-state index contributed by atoms with van der Waals surface area (Å²) in [4.78, 5) is 0. The lowest BCUT2D eigenvalue weighted by Crippen LogP contribution is -2.08. The molecule has 0 amide bonds. The van der Waals surface area contributed by atoms with Crippen LogP contribution in [-0.2, 0) is 6.42 Å². The highest BCUT2D eigenvalue weighted by atomic mass is 79.9. The van der Waals surface area contributed by atoms with Crippen molar-refractivity contribution in [1.82, 2.24) is 0 Å². The lowest BCUT2D eigenvalue weighted by atomic mass is 9.93. The standard InChI is InChI=1S/C15H14BrClO/c16-14-6-3-5-11(9-14)13(10-18)8-12-4-1-2-7-15(12)17/h1-7,9,13,18H,8,10H2. The molecule has 18 heavy (non-hydrogen) atoms. The van der Waals surface area contributed by atoms with Crippen molar-refractivity contribution in [2.45, 2.75) is 12.3 Å². The first kappa shape index (κ1) is 13.6. The lowest BCUT2D eigenvalue weighted by Gasteiger charge is -2.16. The van der Waals surface area contributed by atoms with Crippen LogP contribution in [0.2, 0.25) is 5.02 Å². The lowest BCUT2D eigenvalue weighted by molar-refractivity contribution is 0.264. The van der Waals surface area contributed by atoms with E-state index in [2.05, 4.69) is 15.9 Å². The molecule has 1 atom stereocenters. The maximum absolute atomic E-state index is 9.56. The third-order valence-electron chi connectivity index (χ3n) is 2.96. The highest BCUT2D eigenvalue weighted by molar-refractivity contribution is 9.10. The molecule has 0 aliphatic heterocycles. The highest BCUT2D eigenvalue weighted by Gasteiger charge is 2.13. The van der Waals surface area contributed by atoms with Gasteiger partial charge in [-0.05, 0) is 35.7 Å². The summed E-state index contributed by atoms with van der Waals surface area (Å²) in [5.74, 6) is 0.0717. The van der Waals surface area contributed by atoms with Crippen LogP contribution < -0.4 is 0 Å². The van der Waals surface area contributed by atoms with Crippen LogP contribution in [0.1, 0.15) is 17.0 Å². The van der Waals surface area contributed by atoms with Crippen LogP contribution in [-0.4, -0.2) is 11.7 Å². The zero-order valence-electron chi connectivity index (χ0n) is 9.81. The van der Waals surface area contributed by atoms with Gasteiger partial charge in [-0.1, -0.05) is 57.9 Å². The molecule has 0 aromatic heterocycles. The van der Waals surface area contributed by atoms with Crippen molar-refractivity contribution in [3.8, 4) is 0 Å². The molecule has 2 rings (SSSR count). The Morgan fingerprint density at radius 2 is 1.89 bits per heavy atom. The van der Waals surface area contributed by atoms with Gasteiger partial charge in [0.15, 0.2) is 0 Å². The summed E-state index contributed by atoms with van der Waals surface area (Å²) in [6, 6.07) is 15.8. The normalized spacial score (nSPS) is 12.4. The molecule has 3 heteroatoms. The van der Waals surface area contributed by atoms with Gasteiger partial charge in [-0.15, -0.1) is 0 Å². The largest absolute Gasteiger partial charge is 0.396 e. The Balaban J connectivity index is 2.23. The van der Waals surface area contributed by atoms with Crippen molar-refractivity contribution in [1.29, 1.82) is 0 Å². The van der Waals surface area contributed by atoms with Crippen molar-refractivity contribution in [3.05, 3.63) is 69.2 Å². The first-order chi connectivity index (χ1) is 8.70. The Hall–Kier alpha value is -0.830.